The molecular weight excluding hydrogens is 418 g/mol. The van der Waals surface area contributed by atoms with Crippen LogP contribution in [0.3, 0.4) is 0 Å². The summed E-state index contributed by atoms with van der Waals surface area (Å²) in [5.74, 6) is 0.176. The van der Waals surface area contributed by atoms with Gasteiger partial charge in [-0.3, -0.25) is 19.3 Å². The highest BCUT2D eigenvalue weighted by molar-refractivity contribution is 6.10. The Morgan fingerprint density at radius 2 is 1.73 bits per heavy atom. The molecule has 33 heavy (non-hydrogen) atoms. The molecule has 4 aromatic rings. The topological polar surface area (TPSA) is 123 Å². The van der Waals surface area contributed by atoms with Gasteiger partial charge in [-0.25, -0.2) is 9.97 Å². The third-order valence-corrected chi connectivity index (χ3v) is 6.38. The van der Waals surface area contributed by atoms with Crippen molar-refractivity contribution < 1.29 is 9.90 Å². The van der Waals surface area contributed by atoms with Crippen molar-refractivity contribution in [2.75, 3.05) is 12.3 Å². The van der Waals surface area contributed by atoms with Gasteiger partial charge in [0.1, 0.15) is 22.6 Å². The lowest BCUT2D eigenvalue weighted by atomic mass is 10.1. The lowest BCUT2D eigenvalue weighted by Crippen LogP contribution is -2.37. The molecule has 9 heteroatoms. The summed E-state index contributed by atoms with van der Waals surface area (Å²) >= 11 is 0. The summed E-state index contributed by atoms with van der Waals surface area (Å²) in [6, 6.07) is 3.47. The molecular formula is C24H25N7O2. The van der Waals surface area contributed by atoms with Crippen molar-refractivity contribution in [3.63, 3.8) is 0 Å². The molecule has 0 atom stereocenters. The number of phenols is 1. The Kier molecular flexibility index (Phi) is 4.77. The van der Waals surface area contributed by atoms with Crippen molar-refractivity contribution in [1.82, 2.24) is 29.4 Å². The third kappa shape index (κ3) is 3.19. The van der Waals surface area contributed by atoms with Crippen LogP contribution in [0.2, 0.25) is 0 Å². The number of hydrogen-bond acceptors (Lipinski definition) is 7. The van der Waals surface area contributed by atoms with Gasteiger partial charge in [0.15, 0.2) is 5.65 Å². The minimum Gasteiger partial charge on any atom is -0.508 e. The normalized spacial score (nSPS) is 13.4. The van der Waals surface area contributed by atoms with Crippen LogP contribution in [0.15, 0.2) is 24.5 Å². The summed E-state index contributed by atoms with van der Waals surface area (Å²) in [5.41, 5.74) is 13.4. The molecule has 3 aromatic heterocycles. The first kappa shape index (κ1) is 20.9. The molecule has 0 bridgehead atoms. The molecule has 1 aromatic carbocycles. The highest BCUT2D eigenvalue weighted by atomic mass is 16.3. The molecule has 0 aliphatic carbocycles. The first-order valence-electron chi connectivity index (χ1n) is 10.8. The number of nitrogens with two attached hydrogens (primary N) is 1. The molecule has 1 aliphatic rings. The molecule has 4 heterocycles. The van der Waals surface area contributed by atoms with Crippen LogP contribution in [0.25, 0.3) is 16.9 Å². The molecule has 5 rings (SSSR count). The fourth-order valence-electron chi connectivity index (χ4n) is 4.44. The Morgan fingerprint density at radius 1 is 1.03 bits per heavy atom. The maximum absolute atomic E-state index is 13.8. The number of benzene rings is 1. The Morgan fingerprint density at radius 3 is 2.48 bits per heavy atom. The van der Waals surface area contributed by atoms with E-state index in [0.29, 0.717) is 47.5 Å². The summed E-state index contributed by atoms with van der Waals surface area (Å²) in [6.45, 7) is 8.36. The molecule has 0 saturated heterocycles. The van der Waals surface area contributed by atoms with E-state index in [9.17, 15) is 9.90 Å². The van der Waals surface area contributed by atoms with Crippen LogP contribution in [0, 0.1) is 27.7 Å². The molecule has 1 aliphatic heterocycles. The zero-order chi connectivity index (χ0) is 23.4. The molecule has 0 radical (unpaired) electrons. The number of anilines is 1. The zero-order valence-electron chi connectivity index (χ0n) is 19.0. The number of aromatic nitrogens is 5. The minimum absolute atomic E-state index is 0.146. The van der Waals surface area contributed by atoms with Crippen molar-refractivity contribution in [1.29, 1.82) is 0 Å². The maximum atomic E-state index is 13.8. The van der Waals surface area contributed by atoms with Crippen LogP contribution < -0.4 is 5.73 Å². The van der Waals surface area contributed by atoms with Gasteiger partial charge >= 0.3 is 0 Å². The molecule has 0 unspecified atom stereocenters. The second-order valence-electron chi connectivity index (χ2n) is 8.46. The average molecular weight is 444 g/mol. The molecule has 3 N–H and O–H groups in total. The number of aryl methyl sites for hydroxylation is 3. The largest absolute Gasteiger partial charge is 0.508 e. The lowest BCUT2D eigenvalue weighted by Gasteiger charge is -2.27. The van der Waals surface area contributed by atoms with Crippen LogP contribution in [-0.2, 0) is 13.0 Å². The van der Waals surface area contributed by atoms with Crippen LogP contribution >= 0.6 is 0 Å². The van der Waals surface area contributed by atoms with Crippen molar-refractivity contribution in [2.24, 2.45) is 0 Å². The molecule has 168 valence electrons. The van der Waals surface area contributed by atoms with E-state index >= 15 is 0 Å². The molecule has 0 fully saturated rings. The van der Waals surface area contributed by atoms with E-state index in [-0.39, 0.29) is 17.5 Å². The molecule has 9 nitrogen and oxygen atoms in total. The molecule has 0 saturated carbocycles. The van der Waals surface area contributed by atoms with Gasteiger partial charge in [0.25, 0.3) is 5.91 Å². The first-order chi connectivity index (χ1) is 15.8. The van der Waals surface area contributed by atoms with E-state index in [4.69, 9.17) is 15.7 Å². The second-order valence-corrected chi connectivity index (χ2v) is 8.46. The first-order valence-corrected chi connectivity index (χ1v) is 10.8. The Bertz CT molecular complexity index is 1440. The maximum Gasteiger partial charge on any atom is 0.260 e. The van der Waals surface area contributed by atoms with Gasteiger partial charge in [-0.2, -0.15) is 0 Å². The number of amides is 1. The standard InChI is InChI=1S/C24H25N7O2/c1-12-5-6-18(32)13(2)21(12)31-22(25)19(20-23(31)29-15(4)14(3)28-20)24(33)30-10-7-16-17(11-30)27-9-8-26-16/h5-6,8-9,32H,7,10-11,25H2,1-4H3. The number of aromatic hydroxyl groups is 1. The van der Waals surface area contributed by atoms with Gasteiger partial charge in [-0.05, 0) is 39.3 Å². The fourth-order valence-corrected chi connectivity index (χ4v) is 4.44. The van der Waals surface area contributed by atoms with Crippen molar-refractivity contribution in [3.8, 4) is 11.4 Å². The van der Waals surface area contributed by atoms with E-state index in [1.54, 1.807) is 27.9 Å². The smallest absolute Gasteiger partial charge is 0.260 e. The van der Waals surface area contributed by atoms with E-state index in [0.717, 1.165) is 28.3 Å². The number of rotatable bonds is 2. The van der Waals surface area contributed by atoms with E-state index < -0.39 is 0 Å². The highest BCUT2D eigenvalue weighted by Gasteiger charge is 2.31. The van der Waals surface area contributed by atoms with Gasteiger partial charge in [-0.15, -0.1) is 0 Å². The Balaban J connectivity index is 1.73. The van der Waals surface area contributed by atoms with Crippen LogP contribution in [0.5, 0.6) is 5.75 Å². The van der Waals surface area contributed by atoms with Crippen molar-refractivity contribution in [3.05, 3.63) is 64.0 Å². The summed E-state index contributed by atoms with van der Waals surface area (Å²) in [4.78, 5) is 33.8. The summed E-state index contributed by atoms with van der Waals surface area (Å²) in [5, 5.41) is 10.4. The zero-order valence-corrected chi connectivity index (χ0v) is 19.0. The van der Waals surface area contributed by atoms with Crippen LogP contribution in [-0.4, -0.2) is 47.0 Å². The molecule has 1 amide bonds. The number of carbonyl (C=O) groups excluding carboxylic acids is 1. The van der Waals surface area contributed by atoms with E-state index in [1.165, 1.54) is 0 Å². The quantitative estimate of drug-likeness (QED) is 0.488. The van der Waals surface area contributed by atoms with Gasteiger partial charge in [0, 0.05) is 30.9 Å². The minimum atomic E-state index is -0.222. The summed E-state index contributed by atoms with van der Waals surface area (Å²) in [7, 11) is 0. The fraction of sp³-hybridized carbons (Fsp3) is 0.292. The van der Waals surface area contributed by atoms with Crippen molar-refractivity contribution in [2.45, 2.75) is 40.7 Å². The number of phenolic OH excluding ortho intramolecular Hbond substituents is 1. The predicted molar refractivity (Wildman–Crippen MR) is 124 cm³/mol. The number of nitrogens with zero attached hydrogens (tertiary/aromatic N) is 6. The van der Waals surface area contributed by atoms with E-state index in [1.807, 2.05) is 33.8 Å². The van der Waals surface area contributed by atoms with Crippen molar-refractivity contribution >= 4 is 22.9 Å². The number of nitrogen functional groups attached to an aromatic ring is 1. The lowest BCUT2D eigenvalue weighted by molar-refractivity contribution is 0.0733. The van der Waals surface area contributed by atoms with Gasteiger partial charge in [-0.1, -0.05) is 6.07 Å². The van der Waals surface area contributed by atoms with Crippen LogP contribution in [0.1, 0.15) is 44.3 Å². The predicted octanol–water partition coefficient (Wildman–Crippen LogP) is 2.93. The SMILES string of the molecule is Cc1ccc(O)c(C)c1-n1c(N)c(C(=O)N2CCc3nccnc3C2)c2nc(C)c(C)nc21. The number of hydrogen-bond donors (Lipinski definition) is 2. The Labute approximate surface area is 190 Å². The van der Waals surface area contributed by atoms with Crippen LogP contribution in [0.4, 0.5) is 5.82 Å². The third-order valence-electron chi connectivity index (χ3n) is 6.38. The monoisotopic (exact) mass is 443 g/mol. The van der Waals surface area contributed by atoms with E-state index in [2.05, 4.69) is 9.97 Å². The second kappa shape index (κ2) is 7.54. The Hall–Kier alpha value is -4.01. The summed E-state index contributed by atoms with van der Waals surface area (Å²) in [6.07, 6.45) is 3.93. The number of fused-ring (bicyclic) bond motifs is 2. The molecule has 0 spiro atoms. The van der Waals surface area contributed by atoms with Gasteiger partial charge in [0.05, 0.1) is 35.0 Å². The van der Waals surface area contributed by atoms with Gasteiger partial charge < -0.3 is 15.7 Å². The summed E-state index contributed by atoms with van der Waals surface area (Å²) < 4.78 is 1.74. The highest BCUT2D eigenvalue weighted by Crippen LogP contribution is 2.36. The number of carbonyl (C=O) groups is 1. The average Bonchev–Trinajstić information content (AvgIpc) is 3.07. The van der Waals surface area contributed by atoms with Gasteiger partial charge in [0.2, 0.25) is 0 Å².